The molecule has 0 spiro atoms. The summed E-state index contributed by atoms with van der Waals surface area (Å²) < 4.78 is 71.0. The van der Waals surface area contributed by atoms with E-state index in [-0.39, 0.29) is 22.0 Å². The first kappa shape index (κ1) is 18.8. The van der Waals surface area contributed by atoms with Crippen LogP contribution in [0, 0.1) is 0 Å². The number of benzene rings is 2. The van der Waals surface area contributed by atoms with Gasteiger partial charge < -0.3 is 4.74 Å². The second kappa shape index (κ2) is 6.75. The first-order valence-corrected chi connectivity index (χ1v) is 8.42. The van der Waals surface area contributed by atoms with E-state index < -0.39 is 27.5 Å². The highest BCUT2D eigenvalue weighted by molar-refractivity contribution is 7.92. The van der Waals surface area contributed by atoms with Crippen LogP contribution in [0.15, 0.2) is 47.4 Å². The molecule has 0 radical (unpaired) electrons. The normalized spacial score (nSPS) is 11.9. The van der Waals surface area contributed by atoms with Crippen LogP contribution in [0.1, 0.15) is 22.8 Å². The van der Waals surface area contributed by atoms with Gasteiger partial charge in [-0.25, -0.2) is 8.42 Å². The first-order valence-electron chi connectivity index (χ1n) is 6.93. The highest BCUT2D eigenvalue weighted by Crippen LogP contribution is 2.38. The summed E-state index contributed by atoms with van der Waals surface area (Å²) in [5.41, 5.74) is -1.69. The number of carbonyl (C=O) groups is 1. The van der Waals surface area contributed by atoms with Crippen molar-refractivity contribution in [3.8, 4) is 5.75 Å². The van der Waals surface area contributed by atoms with Crippen molar-refractivity contribution in [2.24, 2.45) is 0 Å². The van der Waals surface area contributed by atoms with E-state index in [1.54, 1.807) is 0 Å². The van der Waals surface area contributed by atoms with Gasteiger partial charge in [-0.3, -0.25) is 9.52 Å². The number of hydrogen-bond donors (Lipinski definition) is 1. The van der Waals surface area contributed by atoms with Crippen molar-refractivity contribution in [2.75, 3.05) is 11.8 Å². The lowest BCUT2D eigenvalue weighted by Crippen LogP contribution is -2.17. The highest BCUT2D eigenvalue weighted by Gasteiger charge is 2.35. The van der Waals surface area contributed by atoms with E-state index in [1.807, 2.05) is 4.72 Å². The molecule has 1 N–H and O–H groups in total. The van der Waals surface area contributed by atoms with Crippen molar-refractivity contribution in [1.29, 1.82) is 0 Å². The molecule has 0 aromatic heterocycles. The maximum atomic E-state index is 13.2. The van der Waals surface area contributed by atoms with Gasteiger partial charge in [-0.2, -0.15) is 13.2 Å². The average molecular weight is 373 g/mol. The molecule has 0 atom stereocenters. The van der Waals surface area contributed by atoms with Crippen LogP contribution in [0.5, 0.6) is 5.75 Å². The van der Waals surface area contributed by atoms with Gasteiger partial charge in [0.25, 0.3) is 10.0 Å². The SMILES string of the molecule is COc1ccc(NS(=O)(=O)c2cccc(C(C)=O)c2)c(C(F)(F)F)c1. The summed E-state index contributed by atoms with van der Waals surface area (Å²) in [5, 5.41) is 0. The molecule has 9 heteroatoms. The Kier molecular flexibility index (Phi) is 5.07. The van der Waals surface area contributed by atoms with Gasteiger partial charge in [-0.15, -0.1) is 0 Å². The number of nitrogens with one attached hydrogen (secondary N) is 1. The van der Waals surface area contributed by atoms with Crippen molar-refractivity contribution >= 4 is 21.5 Å². The van der Waals surface area contributed by atoms with E-state index in [1.165, 1.54) is 38.3 Å². The zero-order valence-corrected chi connectivity index (χ0v) is 14.0. The molecule has 5 nitrogen and oxygen atoms in total. The fourth-order valence-electron chi connectivity index (χ4n) is 2.06. The molecule has 2 rings (SSSR count). The van der Waals surface area contributed by atoms with Crippen molar-refractivity contribution in [3.63, 3.8) is 0 Å². The Morgan fingerprint density at radius 1 is 1.12 bits per heavy atom. The summed E-state index contributed by atoms with van der Waals surface area (Å²) in [7, 11) is -3.11. The summed E-state index contributed by atoms with van der Waals surface area (Å²) in [6.07, 6.45) is -4.78. The Hall–Kier alpha value is -2.55. The Bertz CT molecular complexity index is 908. The van der Waals surface area contributed by atoms with Gasteiger partial charge >= 0.3 is 6.18 Å². The van der Waals surface area contributed by atoms with Gasteiger partial charge in [0.1, 0.15) is 5.75 Å². The molecule has 0 saturated carbocycles. The number of alkyl halides is 3. The number of anilines is 1. The summed E-state index contributed by atoms with van der Waals surface area (Å²) in [5.74, 6) is -0.425. The van der Waals surface area contributed by atoms with Crippen LogP contribution in [-0.2, 0) is 16.2 Å². The summed E-state index contributed by atoms with van der Waals surface area (Å²) in [6.45, 7) is 1.25. The quantitative estimate of drug-likeness (QED) is 0.811. The molecule has 2 aromatic carbocycles. The molecule has 0 aliphatic carbocycles. The average Bonchev–Trinajstić information content (AvgIpc) is 2.54. The molecule has 0 heterocycles. The molecular formula is C16H14F3NO4S. The number of sulfonamides is 1. The van der Waals surface area contributed by atoms with E-state index in [0.717, 1.165) is 12.1 Å². The van der Waals surface area contributed by atoms with E-state index in [2.05, 4.69) is 0 Å². The second-order valence-corrected chi connectivity index (χ2v) is 6.78. The van der Waals surface area contributed by atoms with Crippen LogP contribution in [0.25, 0.3) is 0 Å². The summed E-state index contributed by atoms with van der Waals surface area (Å²) in [6, 6.07) is 7.91. The van der Waals surface area contributed by atoms with Gasteiger partial charge in [-0.05, 0) is 37.3 Å². The number of carbonyl (C=O) groups excluding carboxylic acids is 1. The topological polar surface area (TPSA) is 72.5 Å². The van der Waals surface area contributed by atoms with Crippen molar-refractivity contribution < 1.29 is 31.1 Å². The predicted octanol–water partition coefficient (Wildman–Crippen LogP) is 3.72. The Labute approximate surface area is 142 Å². The third kappa shape index (κ3) is 4.30. The molecule has 0 saturated heterocycles. The van der Waals surface area contributed by atoms with Crippen LogP contribution in [0.3, 0.4) is 0 Å². The third-order valence-corrected chi connectivity index (χ3v) is 4.69. The highest BCUT2D eigenvalue weighted by atomic mass is 32.2. The van der Waals surface area contributed by atoms with Gasteiger partial charge in [0.15, 0.2) is 5.78 Å². The summed E-state index contributed by atoms with van der Waals surface area (Å²) in [4.78, 5) is 11.0. The number of rotatable bonds is 5. The fraction of sp³-hybridized carbons (Fsp3) is 0.188. The predicted molar refractivity (Wildman–Crippen MR) is 85.3 cm³/mol. The number of halogens is 3. The number of Topliss-reactive ketones (excluding diaryl/α,β-unsaturated/α-hetero) is 1. The number of ketones is 1. The first-order chi connectivity index (χ1) is 11.5. The van der Waals surface area contributed by atoms with Crippen LogP contribution in [0.4, 0.5) is 18.9 Å². The number of ether oxygens (including phenoxy) is 1. The van der Waals surface area contributed by atoms with Gasteiger partial charge in [0, 0.05) is 5.56 Å². The van der Waals surface area contributed by atoms with Gasteiger partial charge in [0.2, 0.25) is 0 Å². The minimum atomic E-state index is -4.78. The molecule has 0 amide bonds. The van der Waals surface area contributed by atoms with E-state index in [4.69, 9.17) is 4.74 Å². The molecule has 0 unspecified atom stereocenters. The zero-order chi connectivity index (χ0) is 18.8. The van der Waals surface area contributed by atoms with Crippen LogP contribution >= 0.6 is 0 Å². The maximum absolute atomic E-state index is 13.2. The molecule has 0 aliphatic rings. The Balaban J connectivity index is 2.48. The number of methoxy groups -OCH3 is 1. The largest absolute Gasteiger partial charge is 0.497 e. The molecule has 0 fully saturated rings. The molecule has 2 aromatic rings. The van der Waals surface area contributed by atoms with Crippen LogP contribution < -0.4 is 9.46 Å². The molecule has 0 bridgehead atoms. The number of hydrogen-bond acceptors (Lipinski definition) is 4. The van der Waals surface area contributed by atoms with Crippen molar-refractivity contribution in [3.05, 3.63) is 53.6 Å². The van der Waals surface area contributed by atoms with Crippen molar-refractivity contribution in [1.82, 2.24) is 0 Å². The van der Waals surface area contributed by atoms with Gasteiger partial charge in [0.05, 0.1) is 23.3 Å². The Morgan fingerprint density at radius 3 is 2.36 bits per heavy atom. The Morgan fingerprint density at radius 2 is 1.80 bits per heavy atom. The maximum Gasteiger partial charge on any atom is 0.418 e. The van der Waals surface area contributed by atoms with Gasteiger partial charge in [-0.1, -0.05) is 12.1 Å². The molecule has 0 aliphatic heterocycles. The van der Waals surface area contributed by atoms with Crippen molar-refractivity contribution in [2.45, 2.75) is 18.0 Å². The monoisotopic (exact) mass is 373 g/mol. The van der Waals surface area contributed by atoms with E-state index in [0.29, 0.717) is 6.07 Å². The minimum Gasteiger partial charge on any atom is -0.497 e. The van der Waals surface area contributed by atoms with Crippen LogP contribution in [-0.4, -0.2) is 21.3 Å². The third-order valence-electron chi connectivity index (χ3n) is 3.33. The molecule has 25 heavy (non-hydrogen) atoms. The lowest BCUT2D eigenvalue weighted by Gasteiger charge is -2.16. The second-order valence-electron chi connectivity index (χ2n) is 5.10. The van der Waals surface area contributed by atoms with E-state index in [9.17, 15) is 26.4 Å². The smallest absolute Gasteiger partial charge is 0.418 e. The summed E-state index contributed by atoms with van der Waals surface area (Å²) >= 11 is 0. The fourth-order valence-corrected chi connectivity index (χ4v) is 3.18. The van der Waals surface area contributed by atoms with E-state index >= 15 is 0 Å². The van der Waals surface area contributed by atoms with Crippen LogP contribution in [0.2, 0.25) is 0 Å². The molecular weight excluding hydrogens is 359 g/mol. The lowest BCUT2D eigenvalue weighted by molar-refractivity contribution is -0.137. The minimum absolute atomic E-state index is 0.0612. The zero-order valence-electron chi connectivity index (χ0n) is 13.2. The standard InChI is InChI=1S/C16H14F3NO4S/c1-10(21)11-4-3-5-13(8-11)25(22,23)20-15-7-6-12(24-2)9-14(15)16(17,18)19/h3-9,20H,1-2H3. The lowest BCUT2D eigenvalue weighted by atomic mass is 10.1. The molecule has 134 valence electrons.